The fraction of sp³-hybridized carbons (Fsp3) is 0.500. The highest BCUT2D eigenvalue weighted by Crippen LogP contribution is 2.02. The molecule has 1 fully saturated rings. The van der Waals surface area contributed by atoms with Gasteiger partial charge in [-0.1, -0.05) is 0 Å². The van der Waals surface area contributed by atoms with Gasteiger partial charge in [-0.15, -0.1) is 0 Å². The molecule has 10 heavy (non-hydrogen) atoms. The highest BCUT2D eigenvalue weighted by atomic mass is 16.2. The third kappa shape index (κ3) is 0.920. The van der Waals surface area contributed by atoms with E-state index in [9.17, 15) is 14.4 Å². The van der Waals surface area contributed by atoms with E-state index in [-0.39, 0.29) is 12.3 Å². The Bertz CT molecular complexity index is 209. The Labute approximate surface area is 57.6 Å². The van der Waals surface area contributed by atoms with Gasteiger partial charge in [0, 0.05) is 0 Å². The van der Waals surface area contributed by atoms with Crippen molar-refractivity contribution in [3.63, 3.8) is 0 Å². The summed E-state index contributed by atoms with van der Waals surface area (Å²) in [4.78, 5) is 32.0. The van der Waals surface area contributed by atoms with Crippen LogP contribution in [-0.4, -0.2) is 24.0 Å². The lowest BCUT2D eigenvalue weighted by atomic mass is 9.97. The first-order chi connectivity index (χ1) is 4.63. The third-order valence-corrected chi connectivity index (χ3v) is 1.52. The molecule has 0 aromatic heterocycles. The van der Waals surface area contributed by atoms with Crippen molar-refractivity contribution in [3.05, 3.63) is 0 Å². The van der Waals surface area contributed by atoms with Gasteiger partial charge in [0.05, 0.1) is 12.5 Å². The van der Waals surface area contributed by atoms with Crippen LogP contribution in [0.2, 0.25) is 0 Å². The van der Waals surface area contributed by atoms with E-state index < -0.39 is 17.6 Å². The summed E-state index contributed by atoms with van der Waals surface area (Å²) in [5.41, 5.74) is 0. The van der Waals surface area contributed by atoms with Gasteiger partial charge in [0.2, 0.25) is 5.78 Å². The van der Waals surface area contributed by atoms with Gasteiger partial charge in [0.15, 0.2) is 5.78 Å². The zero-order chi connectivity index (χ0) is 7.72. The third-order valence-electron chi connectivity index (χ3n) is 1.52. The standard InChI is InChI=1S/C6H7NO3/c1-3-4(8)2-7-6(10)5(3)9/h3H,2H2,1H3,(H,7,10). The van der Waals surface area contributed by atoms with Crippen LogP contribution in [0.5, 0.6) is 0 Å². The average Bonchev–Trinajstić information content (AvgIpc) is 1.93. The first-order valence-corrected chi connectivity index (χ1v) is 2.97. The largest absolute Gasteiger partial charge is 0.342 e. The summed E-state index contributed by atoms with van der Waals surface area (Å²) < 4.78 is 0. The van der Waals surface area contributed by atoms with E-state index >= 15 is 0 Å². The number of piperidine rings is 1. The predicted molar refractivity (Wildman–Crippen MR) is 32.2 cm³/mol. The van der Waals surface area contributed by atoms with Crippen LogP contribution in [0.3, 0.4) is 0 Å². The number of rotatable bonds is 0. The summed E-state index contributed by atoms with van der Waals surface area (Å²) in [6, 6.07) is 0. The molecule has 1 amide bonds. The summed E-state index contributed by atoms with van der Waals surface area (Å²) in [7, 11) is 0. The number of hydrogen-bond acceptors (Lipinski definition) is 3. The molecule has 1 aliphatic heterocycles. The number of hydrogen-bond donors (Lipinski definition) is 1. The first kappa shape index (κ1) is 6.92. The van der Waals surface area contributed by atoms with Crippen molar-refractivity contribution in [1.29, 1.82) is 0 Å². The van der Waals surface area contributed by atoms with Crippen LogP contribution in [0.4, 0.5) is 0 Å². The fourth-order valence-corrected chi connectivity index (χ4v) is 0.750. The van der Waals surface area contributed by atoms with Crippen molar-refractivity contribution in [2.45, 2.75) is 6.92 Å². The summed E-state index contributed by atoms with van der Waals surface area (Å²) in [5, 5.41) is 2.17. The molecule has 0 aromatic rings. The smallest absolute Gasteiger partial charge is 0.288 e. The lowest BCUT2D eigenvalue weighted by molar-refractivity contribution is -0.146. The second-order valence-electron chi connectivity index (χ2n) is 2.23. The lowest BCUT2D eigenvalue weighted by Crippen LogP contribution is -2.47. The molecule has 0 spiro atoms. The second-order valence-corrected chi connectivity index (χ2v) is 2.23. The maximum absolute atomic E-state index is 10.7. The van der Waals surface area contributed by atoms with Crippen molar-refractivity contribution < 1.29 is 14.4 Å². The summed E-state index contributed by atoms with van der Waals surface area (Å²) in [6.45, 7) is 1.44. The van der Waals surface area contributed by atoms with Gasteiger partial charge in [-0.05, 0) is 6.92 Å². The van der Waals surface area contributed by atoms with Gasteiger partial charge < -0.3 is 5.32 Å². The zero-order valence-corrected chi connectivity index (χ0v) is 5.51. The van der Waals surface area contributed by atoms with Crippen LogP contribution >= 0.6 is 0 Å². The number of Topliss-reactive ketones (excluding diaryl/α,β-unsaturated/α-hetero) is 2. The molecule has 1 N–H and O–H groups in total. The monoisotopic (exact) mass is 141 g/mol. The lowest BCUT2D eigenvalue weighted by Gasteiger charge is -2.14. The van der Waals surface area contributed by atoms with Crippen molar-refractivity contribution >= 4 is 17.5 Å². The van der Waals surface area contributed by atoms with E-state index in [1.165, 1.54) is 6.92 Å². The Morgan fingerprint density at radius 1 is 1.40 bits per heavy atom. The van der Waals surface area contributed by atoms with Gasteiger partial charge in [-0.3, -0.25) is 14.4 Å². The van der Waals surface area contributed by atoms with Crippen LogP contribution in [0.1, 0.15) is 6.92 Å². The molecule has 1 rings (SSSR count). The highest BCUT2D eigenvalue weighted by Gasteiger charge is 2.31. The van der Waals surface area contributed by atoms with Crippen molar-refractivity contribution in [3.8, 4) is 0 Å². The van der Waals surface area contributed by atoms with Crippen LogP contribution < -0.4 is 5.32 Å². The summed E-state index contributed by atoms with van der Waals surface area (Å²) in [6.07, 6.45) is 0. The molecule has 4 heteroatoms. The zero-order valence-electron chi connectivity index (χ0n) is 5.51. The Morgan fingerprint density at radius 2 is 2.00 bits per heavy atom. The van der Waals surface area contributed by atoms with Gasteiger partial charge in [0.1, 0.15) is 0 Å². The minimum Gasteiger partial charge on any atom is -0.342 e. The summed E-state index contributed by atoms with van der Waals surface area (Å²) >= 11 is 0. The fourth-order valence-electron chi connectivity index (χ4n) is 0.750. The van der Waals surface area contributed by atoms with Gasteiger partial charge in [0.25, 0.3) is 5.91 Å². The minimum atomic E-state index is -0.742. The van der Waals surface area contributed by atoms with E-state index in [0.717, 1.165) is 0 Å². The molecule has 1 unspecified atom stereocenters. The molecule has 1 aliphatic rings. The van der Waals surface area contributed by atoms with Crippen LogP contribution in [0, 0.1) is 5.92 Å². The molecular weight excluding hydrogens is 134 g/mol. The molecule has 0 aromatic carbocycles. The molecule has 0 saturated carbocycles. The Kier molecular flexibility index (Phi) is 1.53. The molecule has 4 nitrogen and oxygen atoms in total. The average molecular weight is 141 g/mol. The van der Waals surface area contributed by atoms with Crippen LogP contribution in [0.15, 0.2) is 0 Å². The van der Waals surface area contributed by atoms with Gasteiger partial charge in [-0.2, -0.15) is 0 Å². The number of nitrogens with one attached hydrogen (secondary N) is 1. The number of carbonyl (C=O) groups excluding carboxylic acids is 3. The van der Waals surface area contributed by atoms with Crippen LogP contribution in [0.25, 0.3) is 0 Å². The van der Waals surface area contributed by atoms with Crippen LogP contribution in [-0.2, 0) is 14.4 Å². The highest BCUT2D eigenvalue weighted by molar-refractivity contribution is 6.42. The second kappa shape index (κ2) is 2.21. The normalized spacial score (nSPS) is 26.5. The van der Waals surface area contributed by atoms with Crippen molar-refractivity contribution in [2.24, 2.45) is 5.92 Å². The van der Waals surface area contributed by atoms with E-state index in [2.05, 4.69) is 5.32 Å². The number of carbonyl (C=O) groups is 3. The van der Waals surface area contributed by atoms with Crippen molar-refractivity contribution in [2.75, 3.05) is 6.54 Å². The molecule has 54 valence electrons. The van der Waals surface area contributed by atoms with Gasteiger partial charge >= 0.3 is 0 Å². The first-order valence-electron chi connectivity index (χ1n) is 2.97. The minimum absolute atomic E-state index is 0.00819. The Hall–Kier alpha value is -1.19. The molecular formula is C6H7NO3. The van der Waals surface area contributed by atoms with E-state index in [1.807, 2.05) is 0 Å². The molecule has 1 saturated heterocycles. The molecule has 1 atom stereocenters. The number of amides is 1. The van der Waals surface area contributed by atoms with Crippen molar-refractivity contribution in [1.82, 2.24) is 5.32 Å². The molecule has 0 radical (unpaired) electrons. The maximum Gasteiger partial charge on any atom is 0.288 e. The number of ketones is 2. The van der Waals surface area contributed by atoms with E-state index in [0.29, 0.717) is 0 Å². The Morgan fingerprint density at radius 3 is 2.50 bits per heavy atom. The predicted octanol–water partition coefficient (Wildman–Crippen LogP) is -1.11. The summed E-state index contributed by atoms with van der Waals surface area (Å²) in [5.74, 6) is -2.23. The van der Waals surface area contributed by atoms with Gasteiger partial charge in [-0.25, -0.2) is 0 Å². The maximum atomic E-state index is 10.7. The topological polar surface area (TPSA) is 63.2 Å². The molecule has 0 bridgehead atoms. The quantitative estimate of drug-likeness (QED) is 0.343. The molecule has 1 heterocycles. The van der Waals surface area contributed by atoms with E-state index in [4.69, 9.17) is 0 Å². The molecule has 0 aliphatic carbocycles. The Balaban J connectivity index is 2.79. The van der Waals surface area contributed by atoms with E-state index in [1.54, 1.807) is 0 Å². The SMILES string of the molecule is CC1C(=O)CNC(=O)C1=O.